The highest BCUT2D eigenvalue weighted by atomic mass is 32.1. The molecule has 3 rings (SSSR count). The van der Waals surface area contributed by atoms with E-state index in [-0.39, 0.29) is 0 Å². The van der Waals surface area contributed by atoms with Crippen molar-refractivity contribution in [1.29, 1.82) is 0 Å². The fraction of sp³-hybridized carbons (Fsp3) is 0.0833. The third-order valence-electron chi connectivity index (χ3n) is 2.40. The average Bonchev–Trinajstić information content (AvgIpc) is 2.94. The zero-order chi connectivity index (χ0) is 11.0. The maximum atomic E-state index is 5.47. The Morgan fingerprint density at radius 1 is 1.31 bits per heavy atom. The fourth-order valence-electron chi connectivity index (χ4n) is 1.62. The van der Waals surface area contributed by atoms with Crippen LogP contribution in [0.1, 0.15) is 0 Å². The highest BCUT2D eigenvalue weighted by molar-refractivity contribution is 7.13. The molecule has 1 aromatic carbocycles. The average molecular weight is 231 g/mol. The number of benzene rings is 1. The number of rotatable bonds is 2. The number of thiazole rings is 1. The van der Waals surface area contributed by atoms with E-state index < -0.39 is 0 Å². The molecule has 0 radical (unpaired) electrons. The zero-order valence-electron chi connectivity index (χ0n) is 8.64. The van der Waals surface area contributed by atoms with Crippen molar-refractivity contribution in [2.75, 3.05) is 7.11 Å². The molecule has 0 N–H and O–H groups in total. The molecular weight excluding hydrogens is 222 g/mol. The van der Waals surface area contributed by atoms with Crippen molar-refractivity contribution >= 4 is 22.3 Å². The molecule has 0 saturated heterocycles. The first kappa shape index (κ1) is 9.42. The highest BCUT2D eigenvalue weighted by Crippen LogP contribution is 2.33. The van der Waals surface area contributed by atoms with Crippen LogP contribution >= 0.6 is 11.3 Å². The molecule has 0 bridgehead atoms. The van der Waals surface area contributed by atoms with Gasteiger partial charge < -0.3 is 9.15 Å². The molecule has 80 valence electrons. The topological polar surface area (TPSA) is 35.3 Å². The predicted octanol–water partition coefficient (Wildman–Crippen LogP) is 3.56. The summed E-state index contributed by atoms with van der Waals surface area (Å²) in [6, 6.07) is 7.93. The smallest absolute Gasteiger partial charge is 0.224 e. The second-order valence-corrected chi connectivity index (χ2v) is 4.20. The van der Waals surface area contributed by atoms with Crippen molar-refractivity contribution in [1.82, 2.24) is 4.98 Å². The lowest BCUT2D eigenvalue weighted by atomic mass is 10.2. The van der Waals surface area contributed by atoms with Crippen molar-refractivity contribution in [2.45, 2.75) is 0 Å². The summed E-state index contributed by atoms with van der Waals surface area (Å²) >= 11 is 1.55. The van der Waals surface area contributed by atoms with Crippen molar-refractivity contribution in [3.8, 4) is 16.5 Å². The Morgan fingerprint density at radius 2 is 2.19 bits per heavy atom. The van der Waals surface area contributed by atoms with Gasteiger partial charge in [0.05, 0.1) is 18.1 Å². The largest absolute Gasteiger partial charge is 0.480 e. The molecule has 0 aliphatic rings. The third-order valence-corrected chi connectivity index (χ3v) is 3.26. The predicted molar refractivity (Wildman–Crippen MR) is 63.9 cm³/mol. The van der Waals surface area contributed by atoms with Gasteiger partial charge in [0.1, 0.15) is 16.9 Å². The molecule has 0 saturated carbocycles. The van der Waals surface area contributed by atoms with Gasteiger partial charge in [0.2, 0.25) is 5.88 Å². The fourth-order valence-corrected chi connectivity index (χ4v) is 2.41. The number of hydrogen-bond donors (Lipinski definition) is 0. The number of fused-ring (bicyclic) bond motifs is 1. The number of hydrogen-bond acceptors (Lipinski definition) is 4. The van der Waals surface area contributed by atoms with Gasteiger partial charge in [0, 0.05) is 5.39 Å². The molecule has 2 aromatic heterocycles. The van der Waals surface area contributed by atoms with Crippen LogP contribution in [-0.4, -0.2) is 12.1 Å². The van der Waals surface area contributed by atoms with Crippen LogP contribution in [0.15, 0.2) is 40.3 Å². The van der Waals surface area contributed by atoms with Crippen molar-refractivity contribution in [2.24, 2.45) is 0 Å². The number of aromatic nitrogens is 1. The van der Waals surface area contributed by atoms with Gasteiger partial charge in [-0.3, -0.25) is 0 Å². The normalized spacial score (nSPS) is 10.8. The molecule has 0 atom stereocenters. The van der Waals surface area contributed by atoms with E-state index in [1.165, 1.54) is 0 Å². The second kappa shape index (κ2) is 3.64. The molecule has 0 aliphatic carbocycles. The van der Waals surface area contributed by atoms with Crippen LogP contribution in [0.4, 0.5) is 0 Å². The van der Waals surface area contributed by atoms with Crippen LogP contribution in [0, 0.1) is 0 Å². The number of nitrogens with zero attached hydrogens (tertiary/aromatic N) is 1. The van der Waals surface area contributed by atoms with Crippen molar-refractivity contribution < 1.29 is 9.15 Å². The lowest BCUT2D eigenvalue weighted by Crippen LogP contribution is -1.81. The Labute approximate surface area is 96.3 Å². The molecule has 0 aliphatic heterocycles. The van der Waals surface area contributed by atoms with E-state index >= 15 is 0 Å². The standard InChI is InChI=1S/C12H9NO2S/c1-14-11-7-16-12(13-11)9-6-15-10-5-3-2-4-8(9)10/h2-7H,1H3. The zero-order valence-corrected chi connectivity index (χ0v) is 9.45. The van der Waals surface area contributed by atoms with Gasteiger partial charge in [0.25, 0.3) is 0 Å². The number of methoxy groups -OCH3 is 1. The van der Waals surface area contributed by atoms with Crippen LogP contribution in [0.2, 0.25) is 0 Å². The Morgan fingerprint density at radius 3 is 3.00 bits per heavy atom. The van der Waals surface area contributed by atoms with Gasteiger partial charge in [0.15, 0.2) is 0 Å². The summed E-state index contributed by atoms with van der Waals surface area (Å²) in [5.41, 5.74) is 1.90. The summed E-state index contributed by atoms with van der Waals surface area (Å²) in [6.07, 6.45) is 1.74. The van der Waals surface area contributed by atoms with Gasteiger partial charge in [-0.15, -0.1) is 11.3 Å². The quantitative estimate of drug-likeness (QED) is 0.676. The first-order valence-electron chi connectivity index (χ1n) is 4.84. The number of para-hydroxylation sites is 1. The van der Waals surface area contributed by atoms with E-state index in [9.17, 15) is 0 Å². The van der Waals surface area contributed by atoms with Crippen LogP contribution in [0.5, 0.6) is 5.88 Å². The summed E-state index contributed by atoms with van der Waals surface area (Å²) < 4.78 is 10.5. The Hall–Kier alpha value is -1.81. The summed E-state index contributed by atoms with van der Waals surface area (Å²) in [4.78, 5) is 4.36. The van der Waals surface area contributed by atoms with Crippen LogP contribution in [0.3, 0.4) is 0 Å². The molecule has 0 amide bonds. The summed E-state index contributed by atoms with van der Waals surface area (Å²) in [6.45, 7) is 0. The highest BCUT2D eigenvalue weighted by Gasteiger charge is 2.11. The molecule has 16 heavy (non-hydrogen) atoms. The van der Waals surface area contributed by atoms with Gasteiger partial charge in [-0.05, 0) is 6.07 Å². The molecule has 2 heterocycles. The van der Waals surface area contributed by atoms with Crippen molar-refractivity contribution in [3.05, 3.63) is 35.9 Å². The molecule has 0 spiro atoms. The molecule has 3 aromatic rings. The van der Waals surface area contributed by atoms with Gasteiger partial charge in [-0.1, -0.05) is 18.2 Å². The molecule has 3 nitrogen and oxygen atoms in total. The lowest BCUT2D eigenvalue weighted by Gasteiger charge is -1.91. The van der Waals surface area contributed by atoms with E-state index in [1.54, 1.807) is 24.7 Å². The summed E-state index contributed by atoms with van der Waals surface area (Å²) in [7, 11) is 1.62. The van der Waals surface area contributed by atoms with E-state index in [0.29, 0.717) is 5.88 Å². The summed E-state index contributed by atoms with van der Waals surface area (Å²) in [5.74, 6) is 0.644. The van der Waals surface area contributed by atoms with E-state index in [4.69, 9.17) is 9.15 Å². The molecule has 4 heteroatoms. The number of furan rings is 1. The Balaban J connectivity index is 2.18. The van der Waals surface area contributed by atoms with E-state index in [0.717, 1.165) is 21.5 Å². The number of ether oxygens (including phenoxy) is 1. The minimum absolute atomic E-state index is 0.644. The minimum atomic E-state index is 0.644. The Bertz CT molecular complexity index is 627. The van der Waals surface area contributed by atoms with E-state index in [2.05, 4.69) is 4.98 Å². The van der Waals surface area contributed by atoms with E-state index in [1.807, 2.05) is 29.6 Å². The summed E-state index contributed by atoms with van der Waals surface area (Å²) in [5, 5.41) is 3.89. The second-order valence-electron chi connectivity index (χ2n) is 3.34. The SMILES string of the molecule is COc1csc(-c2coc3ccccc23)n1. The van der Waals surface area contributed by atoms with Crippen LogP contribution in [-0.2, 0) is 0 Å². The van der Waals surface area contributed by atoms with Crippen LogP contribution < -0.4 is 4.74 Å². The molecular formula is C12H9NO2S. The first-order valence-corrected chi connectivity index (χ1v) is 5.72. The monoisotopic (exact) mass is 231 g/mol. The maximum absolute atomic E-state index is 5.47. The minimum Gasteiger partial charge on any atom is -0.480 e. The Kier molecular flexibility index (Phi) is 2.15. The van der Waals surface area contributed by atoms with Crippen molar-refractivity contribution in [3.63, 3.8) is 0 Å². The lowest BCUT2D eigenvalue weighted by molar-refractivity contribution is 0.401. The third kappa shape index (κ3) is 1.39. The molecule has 0 unspecified atom stereocenters. The maximum Gasteiger partial charge on any atom is 0.224 e. The first-order chi connectivity index (χ1) is 7.88. The van der Waals surface area contributed by atoms with Gasteiger partial charge >= 0.3 is 0 Å². The van der Waals surface area contributed by atoms with Gasteiger partial charge in [-0.2, -0.15) is 0 Å². The van der Waals surface area contributed by atoms with Crippen LogP contribution in [0.25, 0.3) is 21.5 Å². The van der Waals surface area contributed by atoms with Gasteiger partial charge in [-0.25, -0.2) is 4.98 Å². The molecule has 0 fully saturated rings.